The van der Waals surface area contributed by atoms with Gasteiger partial charge in [0.1, 0.15) is 28.0 Å². The summed E-state index contributed by atoms with van der Waals surface area (Å²) < 4.78 is 12.8. The molecule has 0 spiro atoms. The van der Waals surface area contributed by atoms with Gasteiger partial charge in [0.2, 0.25) is 0 Å². The lowest BCUT2D eigenvalue weighted by atomic mass is 10.0. The Morgan fingerprint density at radius 3 is 1.52 bits per heavy atom. The summed E-state index contributed by atoms with van der Waals surface area (Å²) in [4.78, 5) is 25.1. The van der Waals surface area contributed by atoms with Crippen LogP contribution in [0.25, 0.3) is 112 Å². The van der Waals surface area contributed by atoms with Crippen molar-refractivity contribution in [2.75, 3.05) is 0 Å². The monoisotopic (exact) mass is 719 g/mol. The average Bonchev–Trinajstić information content (AvgIpc) is 3.84. The molecule has 0 fully saturated rings. The molecule has 0 saturated carbocycles. The van der Waals surface area contributed by atoms with E-state index in [1.54, 1.807) is 0 Å². The molecule has 7 heteroatoms. The molecule has 0 aliphatic heterocycles. The van der Waals surface area contributed by atoms with Crippen molar-refractivity contribution in [3.05, 3.63) is 176 Å². The molecule has 0 aliphatic rings. The molecule has 0 N–H and O–H groups in total. The first-order valence-electron chi connectivity index (χ1n) is 18.4. The highest BCUT2D eigenvalue weighted by Crippen LogP contribution is 2.38. The molecule has 7 nitrogen and oxygen atoms in total. The number of benzene rings is 7. The second-order valence-electron chi connectivity index (χ2n) is 13.7. The predicted molar refractivity (Wildman–Crippen MR) is 223 cm³/mol. The minimum Gasteiger partial charge on any atom is -0.456 e. The fourth-order valence-electron chi connectivity index (χ4n) is 7.36. The molecule has 7 aromatic carbocycles. The van der Waals surface area contributed by atoms with Gasteiger partial charge >= 0.3 is 0 Å². The van der Waals surface area contributed by atoms with Gasteiger partial charge in [0.05, 0.1) is 0 Å². The van der Waals surface area contributed by atoms with Crippen molar-refractivity contribution >= 4 is 44.0 Å². The molecule has 4 heterocycles. The third kappa shape index (κ3) is 5.49. The van der Waals surface area contributed by atoms with E-state index in [0.29, 0.717) is 28.9 Å². The van der Waals surface area contributed by atoms with Crippen LogP contribution in [0.3, 0.4) is 0 Å². The van der Waals surface area contributed by atoms with Crippen LogP contribution in [0.4, 0.5) is 0 Å². The van der Waals surface area contributed by atoms with Gasteiger partial charge in [-0.2, -0.15) is 0 Å². The van der Waals surface area contributed by atoms with Crippen LogP contribution in [-0.2, 0) is 0 Å². The minimum atomic E-state index is 0.580. The fourth-order valence-corrected chi connectivity index (χ4v) is 7.36. The van der Waals surface area contributed by atoms with Crippen LogP contribution in [0.15, 0.2) is 185 Å². The van der Waals surface area contributed by atoms with Gasteiger partial charge in [0.25, 0.3) is 0 Å². The number of para-hydroxylation sites is 1. The largest absolute Gasteiger partial charge is 0.456 e. The van der Waals surface area contributed by atoms with Gasteiger partial charge in [-0.15, -0.1) is 0 Å². The first kappa shape index (κ1) is 31.7. The number of hydrogen-bond donors (Lipinski definition) is 0. The van der Waals surface area contributed by atoms with E-state index in [9.17, 15) is 0 Å². The zero-order valence-electron chi connectivity index (χ0n) is 29.8. The van der Waals surface area contributed by atoms with E-state index in [1.807, 2.05) is 121 Å². The third-order valence-corrected chi connectivity index (χ3v) is 10.2. The van der Waals surface area contributed by atoms with E-state index in [0.717, 1.165) is 83.1 Å². The van der Waals surface area contributed by atoms with Crippen LogP contribution in [0, 0.1) is 0 Å². The Balaban J connectivity index is 1.01. The summed E-state index contributed by atoms with van der Waals surface area (Å²) in [7, 11) is 0. The first-order chi connectivity index (χ1) is 27.7. The van der Waals surface area contributed by atoms with Crippen molar-refractivity contribution in [2.24, 2.45) is 0 Å². The number of nitrogens with zero attached hydrogens (tertiary/aromatic N) is 5. The van der Waals surface area contributed by atoms with Crippen LogP contribution in [0.2, 0.25) is 0 Å². The van der Waals surface area contributed by atoms with Gasteiger partial charge in [0.15, 0.2) is 28.9 Å². The summed E-state index contributed by atoms with van der Waals surface area (Å²) in [6.45, 7) is 0. The Morgan fingerprint density at radius 2 is 0.786 bits per heavy atom. The van der Waals surface area contributed by atoms with Crippen LogP contribution in [0.1, 0.15) is 0 Å². The molecule has 0 atom stereocenters. The van der Waals surface area contributed by atoms with E-state index in [-0.39, 0.29) is 0 Å². The summed E-state index contributed by atoms with van der Waals surface area (Å²) in [6, 6.07) is 59.0. The van der Waals surface area contributed by atoms with Crippen LogP contribution < -0.4 is 0 Å². The number of aromatic nitrogens is 5. The molecule has 0 bridgehead atoms. The lowest BCUT2D eigenvalue weighted by Crippen LogP contribution is -2.00. The Bertz CT molecular complexity index is 3230. The van der Waals surface area contributed by atoms with E-state index < -0.39 is 0 Å². The molecule has 0 aliphatic carbocycles. The van der Waals surface area contributed by atoms with Gasteiger partial charge in [-0.1, -0.05) is 133 Å². The lowest BCUT2D eigenvalue weighted by Gasteiger charge is -2.09. The smallest absolute Gasteiger partial charge is 0.180 e. The fraction of sp³-hybridized carbons (Fsp3) is 0. The van der Waals surface area contributed by atoms with Gasteiger partial charge in [0, 0.05) is 44.0 Å². The molecule has 56 heavy (non-hydrogen) atoms. The van der Waals surface area contributed by atoms with Crippen LogP contribution >= 0.6 is 0 Å². The Hall–Kier alpha value is -7.77. The molecule has 0 radical (unpaired) electrons. The second kappa shape index (κ2) is 13.0. The molecule has 11 rings (SSSR count). The molecule has 262 valence electrons. The van der Waals surface area contributed by atoms with Crippen molar-refractivity contribution in [1.82, 2.24) is 24.9 Å². The molecular formula is C49H29N5O2. The van der Waals surface area contributed by atoms with Crippen molar-refractivity contribution in [3.8, 4) is 67.9 Å². The molecule has 0 saturated heterocycles. The molecular weight excluding hydrogens is 691 g/mol. The molecule has 4 aromatic heterocycles. The summed E-state index contributed by atoms with van der Waals surface area (Å²) in [5, 5.41) is 2.88. The molecule has 0 unspecified atom stereocenters. The topological polar surface area (TPSA) is 90.7 Å². The van der Waals surface area contributed by atoms with Gasteiger partial charge < -0.3 is 8.83 Å². The highest BCUT2D eigenvalue weighted by Gasteiger charge is 2.20. The van der Waals surface area contributed by atoms with E-state index in [4.69, 9.17) is 33.8 Å². The van der Waals surface area contributed by atoms with E-state index in [2.05, 4.69) is 54.6 Å². The maximum atomic E-state index is 6.47. The third-order valence-electron chi connectivity index (χ3n) is 10.2. The van der Waals surface area contributed by atoms with Crippen LogP contribution in [-0.4, -0.2) is 24.9 Å². The van der Waals surface area contributed by atoms with Crippen molar-refractivity contribution < 1.29 is 8.83 Å². The van der Waals surface area contributed by atoms with E-state index in [1.165, 1.54) is 0 Å². The Morgan fingerprint density at radius 1 is 0.286 bits per heavy atom. The summed E-state index contributed by atoms with van der Waals surface area (Å²) in [6.07, 6.45) is 0. The number of rotatable bonds is 6. The zero-order valence-corrected chi connectivity index (χ0v) is 29.8. The van der Waals surface area contributed by atoms with Gasteiger partial charge in [-0.3, -0.25) is 0 Å². The molecule has 11 aromatic rings. The van der Waals surface area contributed by atoms with Crippen LogP contribution in [0.5, 0.6) is 0 Å². The Kier molecular flexibility index (Phi) is 7.35. The van der Waals surface area contributed by atoms with E-state index >= 15 is 0 Å². The maximum absolute atomic E-state index is 6.47. The SMILES string of the molecule is c1ccc(-c2ccc(-c3nc(-c4ccccc4)nc(-c4ccc5oc6cc(-c7nc(-c8ccccc8)c8oc9ccccc9c8n7)ccc6c5c4)n3)cc2)cc1. The maximum Gasteiger partial charge on any atom is 0.180 e. The highest BCUT2D eigenvalue weighted by molar-refractivity contribution is 6.09. The first-order valence-corrected chi connectivity index (χ1v) is 18.4. The zero-order chi connectivity index (χ0) is 37.0. The quantitative estimate of drug-likeness (QED) is 0.169. The molecule has 0 amide bonds. The normalized spacial score (nSPS) is 11.6. The van der Waals surface area contributed by atoms with Crippen molar-refractivity contribution in [2.45, 2.75) is 0 Å². The summed E-state index contributed by atoms with van der Waals surface area (Å²) in [5.74, 6) is 2.38. The average molecular weight is 720 g/mol. The lowest BCUT2D eigenvalue weighted by molar-refractivity contribution is 0.667. The number of furan rings is 2. The van der Waals surface area contributed by atoms with Crippen molar-refractivity contribution in [1.29, 1.82) is 0 Å². The number of hydrogen-bond acceptors (Lipinski definition) is 7. The van der Waals surface area contributed by atoms with Gasteiger partial charge in [-0.05, 0) is 53.6 Å². The Labute approximate surface area is 320 Å². The minimum absolute atomic E-state index is 0.580. The summed E-state index contributed by atoms with van der Waals surface area (Å²) in [5.41, 5.74) is 11.2. The number of fused-ring (bicyclic) bond motifs is 6. The predicted octanol–water partition coefficient (Wildman–Crippen LogP) is 12.5. The van der Waals surface area contributed by atoms with Crippen molar-refractivity contribution in [3.63, 3.8) is 0 Å². The standard InChI is InChI=1S/C49H29N5O2/c1-4-12-30(13-5-1)31-20-22-34(23-21-31)47-52-46(33-16-8-3-9-17-33)53-49(54-47)35-25-27-41-39(28-35)37-26-24-36(29-42(37)55-41)48-50-43(32-14-6-2-7-15-32)45-44(51-48)38-18-10-11-19-40(38)56-45/h1-29H. The van der Waals surface area contributed by atoms with Gasteiger partial charge in [-0.25, -0.2) is 24.9 Å². The second-order valence-corrected chi connectivity index (χ2v) is 13.7. The highest BCUT2D eigenvalue weighted by atomic mass is 16.3. The summed E-state index contributed by atoms with van der Waals surface area (Å²) >= 11 is 0.